The molecule has 0 aliphatic carbocycles. The van der Waals surface area contributed by atoms with Gasteiger partial charge in [0.2, 0.25) is 0 Å². The third-order valence-corrected chi connectivity index (χ3v) is 3.74. The molecule has 14 heavy (non-hydrogen) atoms. The average Bonchev–Trinajstić information content (AvgIpc) is 2.75. The Balaban J connectivity index is 2.09. The molecule has 0 saturated carbocycles. The van der Waals surface area contributed by atoms with Crippen LogP contribution in [0.1, 0.15) is 15.4 Å². The van der Waals surface area contributed by atoms with Crippen molar-refractivity contribution < 1.29 is 4.79 Å². The lowest BCUT2D eigenvalue weighted by Crippen LogP contribution is -2.02. The molecule has 0 spiro atoms. The summed E-state index contributed by atoms with van der Waals surface area (Å²) in [6, 6.07) is 3.87. The number of carbonyl (C=O) groups excluding carboxylic acids is 1. The molecule has 0 aliphatic rings. The Morgan fingerprint density at radius 2 is 2.36 bits per heavy atom. The summed E-state index contributed by atoms with van der Waals surface area (Å²) in [7, 11) is 0. The van der Waals surface area contributed by atoms with Gasteiger partial charge in [0.1, 0.15) is 5.69 Å². The van der Waals surface area contributed by atoms with E-state index in [1.807, 2.05) is 12.1 Å². The minimum Gasteiger partial charge on any atom is -0.292 e. The topological polar surface area (TPSA) is 42.9 Å². The highest BCUT2D eigenvalue weighted by atomic mass is 79.9. The fourth-order valence-corrected chi connectivity index (χ4v) is 2.92. The largest absolute Gasteiger partial charge is 0.292 e. The van der Waals surface area contributed by atoms with E-state index in [9.17, 15) is 4.79 Å². The van der Waals surface area contributed by atoms with E-state index in [-0.39, 0.29) is 5.78 Å². The molecule has 0 fully saturated rings. The number of halogens is 1. The Morgan fingerprint density at radius 3 is 2.93 bits per heavy atom. The summed E-state index contributed by atoms with van der Waals surface area (Å²) in [6.45, 7) is 0. The molecule has 3 nitrogen and oxygen atoms in total. The molecule has 2 heterocycles. The van der Waals surface area contributed by atoms with Crippen molar-refractivity contribution in [3.63, 3.8) is 0 Å². The van der Waals surface area contributed by atoms with Crippen LogP contribution in [0.2, 0.25) is 0 Å². The van der Waals surface area contributed by atoms with Crippen LogP contribution in [0, 0.1) is 0 Å². The Labute approximate surface area is 97.1 Å². The summed E-state index contributed by atoms with van der Waals surface area (Å²) in [6.07, 6.45) is 0.404. The van der Waals surface area contributed by atoms with Crippen molar-refractivity contribution in [2.45, 2.75) is 6.42 Å². The van der Waals surface area contributed by atoms with Crippen molar-refractivity contribution in [2.75, 3.05) is 0 Å². The van der Waals surface area contributed by atoms with Crippen molar-refractivity contribution in [1.82, 2.24) is 9.59 Å². The second-order valence-corrected chi connectivity index (χ2v) is 5.75. The first kappa shape index (κ1) is 9.95. The maximum atomic E-state index is 11.6. The predicted molar refractivity (Wildman–Crippen MR) is 60.0 cm³/mol. The third kappa shape index (κ3) is 2.26. The minimum absolute atomic E-state index is 0.0214. The molecule has 0 N–H and O–H groups in total. The van der Waals surface area contributed by atoms with Gasteiger partial charge in [0.25, 0.3) is 0 Å². The van der Waals surface area contributed by atoms with Gasteiger partial charge in [-0.2, -0.15) is 0 Å². The molecule has 0 radical (unpaired) electrons. The van der Waals surface area contributed by atoms with Gasteiger partial charge in [-0.15, -0.1) is 16.4 Å². The predicted octanol–water partition coefficient (Wildman–Crippen LogP) is 2.79. The summed E-state index contributed by atoms with van der Waals surface area (Å²) in [5, 5.41) is 5.40. The first-order valence-corrected chi connectivity index (χ1v) is 6.25. The molecule has 6 heteroatoms. The van der Waals surface area contributed by atoms with Gasteiger partial charge in [-0.25, -0.2) is 0 Å². The fraction of sp³-hybridized carbons (Fsp3) is 0.125. The smallest absolute Gasteiger partial charge is 0.189 e. The van der Waals surface area contributed by atoms with E-state index in [1.165, 1.54) is 11.5 Å². The highest BCUT2D eigenvalue weighted by Crippen LogP contribution is 2.23. The van der Waals surface area contributed by atoms with Gasteiger partial charge in [0, 0.05) is 16.7 Å². The van der Waals surface area contributed by atoms with E-state index in [2.05, 4.69) is 25.5 Å². The second-order valence-electron chi connectivity index (χ2n) is 2.60. The zero-order valence-electron chi connectivity index (χ0n) is 6.94. The molecule has 0 saturated heterocycles. The maximum absolute atomic E-state index is 11.6. The van der Waals surface area contributed by atoms with E-state index < -0.39 is 0 Å². The molecule has 2 aromatic rings. The summed E-state index contributed by atoms with van der Waals surface area (Å²) in [5.41, 5.74) is 0.458. The van der Waals surface area contributed by atoms with Gasteiger partial charge in [-0.3, -0.25) is 4.79 Å². The number of aromatic nitrogens is 2. The van der Waals surface area contributed by atoms with Crippen molar-refractivity contribution >= 4 is 44.6 Å². The van der Waals surface area contributed by atoms with E-state index in [0.717, 1.165) is 8.66 Å². The lowest BCUT2D eigenvalue weighted by atomic mass is 10.2. The number of rotatable bonds is 3. The number of hydrogen-bond donors (Lipinski definition) is 0. The van der Waals surface area contributed by atoms with Gasteiger partial charge in [-0.05, 0) is 39.6 Å². The molecule has 72 valence electrons. The van der Waals surface area contributed by atoms with Crippen molar-refractivity contribution in [2.24, 2.45) is 0 Å². The fourth-order valence-electron chi connectivity index (χ4n) is 0.982. The summed E-state index contributed by atoms with van der Waals surface area (Å²) in [4.78, 5) is 12.6. The molecule has 2 aromatic heterocycles. The molecule has 0 amide bonds. The van der Waals surface area contributed by atoms with E-state index >= 15 is 0 Å². The highest BCUT2D eigenvalue weighted by molar-refractivity contribution is 9.11. The molecular weight excluding hydrogens is 284 g/mol. The quantitative estimate of drug-likeness (QED) is 0.816. The number of nitrogens with zero attached hydrogens (tertiary/aromatic N) is 2. The van der Waals surface area contributed by atoms with Crippen LogP contribution in [-0.2, 0) is 6.42 Å². The molecule has 2 rings (SSSR count). The highest BCUT2D eigenvalue weighted by Gasteiger charge is 2.10. The second kappa shape index (κ2) is 4.29. The zero-order valence-corrected chi connectivity index (χ0v) is 10.2. The van der Waals surface area contributed by atoms with Gasteiger partial charge in [0.15, 0.2) is 5.78 Å². The zero-order chi connectivity index (χ0) is 9.97. The van der Waals surface area contributed by atoms with Gasteiger partial charge in [0.05, 0.1) is 3.79 Å². The average molecular weight is 289 g/mol. The van der Waals surface area contributed by atoms with Crippen LogP contribution < -0.4 is 0 Å². The summed E-state index contributed by atoms with van der Waals surface area (Å²) in [5.74, 6) is 0.0214. The van der Waals surface area contributed by atoms with Crippen molar-refractivity contribution in [3.8, 4) is 0 Å². The van der Waals surface area contributed by atoms with E-state index in [1.54, 1.807) is 16.7 Å². The number of hydrogen-bond acceptors (Lipinski definition) is 5. The first-order chi connectivity index (χ1) is 6.75. The number of thiophene rings is 1. The van der Waals surface area contributed by atoms with Crippen molar-refractivity contribution in [3.05, 3.63) is 31.9 Å². The van der Waals surface area contributed by atoms with Crippen LogP contribution in [0.4, 0.5) is 0 Å². The monoisotopic (exact) mass is 288 g/mol. The first-order valence-electron chi connectivity index (χ1n) is 3.80. The number of carbonyl (C=O) groups is 1. The molecule has 0 bridgehead atoms. The van der Waals surface area contributed by atoms with Crippen LogP contribution in [0.5, 0.6) is 0 Å². The Morgan fingerprint density at radius 1 is 1.50 bits per heavy atom. The Bertz CT molecular complexity index is 438. The molecule has 0 atom stereocenters. The SMILES string of the molecule is O=C(Cc1ccc(Br)s1)c1csnn1. The molecular formula is C8H5BrN2OS2. The maximum Gasteiger partial charge on any atom is 0.189 e. The molecule has 0 unspecified atom stereocenters. The standard InChI is InChI=1S/C8H5BrN2OS2/c9-8-2-1-5(14-8)3-7(12)6-4-13-11-10-6/h1-2,4H,3H2. The van der Waals surface area contributed by atoms with Crippen molar-refractivity contribution in [1.29, 1.82) is 0 Å². The van der Waals surface area contributed by atoms with Crippen LogP contribution in [-0.4, -0.2) is 15.4 Å². The molecule has 0 aliphatic heterocycles. The van der Waals surface area contributed by atoms with E-state index in [4.69, 9.17) is 0 Å². The Kier molecular flexibility index (Phi) is 3.05. The van der Waals surface area contributed by atoms with Crippen LogP contribution in [0.15, 0.2) is 21.3 Å². The number of Topliss-reactive ketones (excluding diaryl/α,β-unsaturated/α-hetero) is 1. The number of ketones is 1. The normalized spacial score (nSPS) is 10.4. The third-order valence-electron chi connectivity index (χ3n) is 1.61. The van der Waals surface area contributed by atoms with Crippen LogP contribution in [0.3, 0.4) is 0 Å². The van der Waals surface area contributed by atoms with E-state index in [0.29, 0.717) is 12.1 Å². The van der Waals surface area contributed by atoms with Crippen LogP contribution >= 0.6 is 38.8 Å². The minimum atomic E-state index is 0.0214. The lowest BCUT2D eigenvalue weighted by Gasteiger charge is -1.91. The Hall–Kier alpha value is -0.590. The lowest BCUT2D eigenvalue weighted by molar-refractivity contribution is 0.0989. The summed E-state index contributed by atoms with van der Waals surface area (Å²) >= 11 is 6.11. The molecule has 0 aromatic carbocycles. The van der Waals surface area contributed by atoms with Gasteiger partial charge in [-0.1, -0.05) is 4.49 Å². The van der Waals surface area contributed by atoms with Crippen LogP contribution in [0.25, 0.3) is 0 Å². The van der Waals surface area contributed by atoms with Gasteiger partial charge < -0.3 is 0 Å². The summed E-state index contributed by atoms with van der Waals surface area (Å²) < 4.78 is 4.69. The van der Waals surface area contributed by atoms with Gasteiger partial charge >= 0.3 is 0 Å².